The second-order valence-corrected chi connectivity index (χ2v) is 5.60. The highest BCUT2D eigenvalue weighted by molar-refractivity contribution is 7.80. The number of halogens is 3. The summed E-state index contributed by atoms with van der Waals surface area (Å²) in [4.78, 5) is 0. The van der Waals surface area contributed by atoms with E-state index in [2.05, 4.69) is 15.8 Å². The van der Waals surface area contributed by atoms with Crippen molar-refractivity contribution in [2.45, 2.75) is 20.0 Å². The zero-order valence-electron chi connectivity index (χ0n) is 13.1. The van der Waals surface area contributed by atoms with Crippen molar-refractivity contribution in [1.82, 2.24) is 5.43 Å². The molecular weight excluding hydrogens is 335 g/mol. The van der Waals surface area contributed by atoms with Crippen LogP contribution in [0.1, 0.15) is 22.3 Å². The molecule has 0 saturated carbocycles. The minimum absolute atomic E-state index is 0.256. The Labute approximate surface area is 143 Å². The van der Waals surface area contributed by atoms with Gasteiger partial charge in [0.25, 0.3) is 0 Å². The van der Waals surface area contributed by atoms with Crippen LogP contribution in [0.15, 0.2) is 47.6 Å². The fraction of sp³-hybridized carbons (Fsp3) is 0.176. The Kier molecular flexibility index (Phi) is 5.56. The van der Waals surface area contributed by atoms with Crippen LogP contribution in [0.5, 0.6) is 0 Å². The molecule has 2 aromatic rings. The monoisotopic (exact) mass is 351 g/mol. The molecule has 126 valence electrons. The van der Waals surface area contributed by atoms with Gasteiger partial charge >= 0.3 is 6.18 Å². The molecule has 0 spiro atoms. The van der Waals surface area contributed by atoms with Crippen LogP contribution in [0.2, 0.25) is 0 Å². The molecule has 0 aliphatic carbocycles. The normalized spacial score (nSPS) is 11.5. The third-order valence-electron chi connectivity index (χ3n) is 3.45. The lowest BCUT2D eigenvalue weighted by Crippen LogP contribution is -2.24. The molecule has 0 aromatic heterocycles. The molecule has 0 bridgehead atoms. The molecule has 0 unspecified atom stereocenters. The van der Waals surface area contributed by atoms with Crippen molar-refractivity contribution in [3.8, 4) is 0 Å². The molecule has 0 amide bonds. The average molecular weight is 351 g/mol. The first kappa shape index (κ1) is 17.9. The van der Waals surface area contributed by atoms with Crippen LogP contribution >= 0.6 is 12.2 Å². The van der Waals surface area contributed by atoms with E-state index in [1.54, 1.807) is 0 Å². The number of hydrogen-bond donors (Lipinski definition) is 2. The molecule has 2 rings (SSSR count). The van der Waals surface area contributed by atoms with Crippen molar-refractivity contribution >= 4 is 29.2 Å². The fourth-order valence-corrected chi connectivity index (χ4v) is 2.16. The Morgan fingerprint density at radius 2 is 1.83 bits per heavy atom. The summed E-state index contributed by atoms with van der Waals surface area (Å²) in [7, 11) is 0. The van der Waals surface area contributed by atoms with Crippen LogP contribution in [0.3, 0.4) is 0 Å². The van der Waals surface area contributed by atoms with E-state index < -0.39 is 11.7 Å². The van der Waals surface area contributed by atoms with Gasteiger partial charge in [-0.15, -0.1) is 0 Å². The summed E-state index contributed by atoms with van der Waals surface area (Å²) in [5.41, 5.74) is 5.23. The highest BCUT2D eigenvalue weighted by Gasteiger charge is 2.30. The predicted octanol–water partition coefficient (Wildman–Crippen LogP) is 4.64. The van der Waals surface area contributed by atoms with Gasteiger partial charge < -0.3 is 5.32 Å². The number of thiocarbonyl (C=S) groups is 1. The van der Waals surface area contributed by atoms with Crippen molar-refractivity contribution < 1.29 is 13.2 Å². The summed E-state index contributed by atoms with van der Waals surface area (Å²) in [6, 6.07) is 10.7. The van der Waals surface area contributed by atoms with Crippen molar-refractivity contribution in [1.29, 1.82) is 0 Å². The van der Waals surface area contributed by atoms with E-state index in [1.807, 2.05) is 32.0 Å². The Morgan fingerprint density at radius 3 is 2.54 bits per heavy atom. The first-order chi connectivity index (χ1) is 11.3. The highest BCUT2D eigenvalue weighted by Crippen LogP contribution is 2.29. The lowest BCUT2D eigenvalue weighted by atomic mass is 10.1. The maximum atomic E-state index is 12.6. The summed E-state index contributed by atoms with van der Waals surface area (Å²) in [6.07, 6.45) is -3.09. The van der Waals surface area contributed by atoms with E-state index in [4.69, 9.17) is 12.2 Å². The van der Waals surface area contributed by atoms with Gasteiger partial charge in [-0.2, -0.15) is 18.3 Å². The third kappa shape index (κ3) is 4.79. The highest BCUT2D eigenvalue weighted by atomic mass is 32.1. The molecule has 0 radical (unpaired) electrons. The predicted molar refractivity (Wildman–Crippen MR) is 94.3 cm³/mol. The minimum atomic E-state index is -4.38. The smallest absolute Gasteiger partial charge is 0.331 e. The van der Waals surface area contributed by atoms with Crippen LogP contribution in [0, 0.1) is 13.8 Å². The summed E-state index contributed by atoms with van der Waals surface area (Å²) < 4.78 is 37.9. The van der Waals surface area contributed by atoms with Crippen molar-refractivity contribution in [2.24, 2.45) is 5.10 Å². The zero-order valence-corrected chi connectivity index (χ0v) is 13.9. The van der Waals surface area contributed by atoms with Gasteiger partial charge in [-0.1, -0.05) is 24.3 Å². The quantitative estimate of drug-likeness (QED) is 0.480. The van der Waals surface area contributed by atoms with Gasteiger partial charge in [-0.3, -0.25) is 5.43 Å². The van der Waals surface area contributed by atoms with E-state index in [1.165, 1.54) is 18.3 Å². The van der Waals surface area contributed by atoms with Gasteiger partial charge in [0, 0.05) is 5.69 Å². The van der Waals surface area contributed by atoms with Crippen molar-refractivity contribution in [3.63, 3.8) is 0 Å². The number of benzene rings is 2. The molecule has 2 N–H and O–H groups in total. The van der Waals surface area contributed by atoms with Crippen molar-refractivity contribution in [3.05, 3.63) is 64.7 Å². The van der Waals surface area contributed by atoms with Crippen LogP contribution in [0.25, 0.3) is 0 Å². The Balaban J connectivity index is 1.99. The van der Waals surface area contributed by atoms with Crippen LogP contribution in [-0.2, 0) is 6.18 Å². The average Bonchev–Trinajstić information content (AvgIpc) is 2.51. The number of alkyl halides is 3. The van der Waals surface area contributed by atoms with E-state index in [-0.39, 0.29) is 5.11 Å². The number of rotatable bonds is 3. The molecular formula is C17H16F3N3S. The van der Waals surface area contributed by atoms with Crippen LogP contribution in [0.4, 0.5) is 18.9 Å². The van der Waals surface area contributed by atoms with Gasteiger partial charge in [0.15, 0.2) is 5.11 Å². The standard InChI is InChI=1S/C17H16F3N3S/c1-11-5-3-8-15(12(11)2)22-16(24)23-21-10-13-6-4-7-14(9-13)17(18,19)20/h3-10H,1-2H3,(H2,22,23,24). The van der Waals surface area contributed by atoms with Gasteiger partial charge in [-0.05, 0) is 61.0 Å². The second kappa shape index (κ2) is 7.44. The Hall–Kier alpha value is -2.41. The molecule has 7 heteroatoms. The summed E-state index contributed by atoms with van der Waals surface area (Å²) in [5, 5.41) is 7.12. The first-order valence-electron chi connectivity index (χ1n) is 7.11. The lowest BCUT2D eigenvalue weighted by Gasteiger charge is -2.11. The molecule has 0 saturated heterocycles. The number of aryl methyl sites for hydroxylation is 1. The molecule has 3 nitrogen and oxygen atoms in total. The van der Waals surface area contributed by atoms with Crippen LogP contribution in [-0.4, -0.2) is 11.3 Å². The first-order valence-corrected chi connectivity index (χ1v) is 7.52. The lowest BCUT2D eigenvalue weighted by molar-refractivity contribution is -0.137. The number of hydrogen-bond acceptors (Lipinski definition) is 2. The van der Waals surface area contributed by atoms with E-state index in [0.717, 1.165) is 28.9 Å². The van der Waals surface area contributed by atoms with E-state index in [9.17, 15) is 13.2 Å². The summed E-state index contributed by atoms with van der Waals surface area (Å²) >= 11 is 5.12. The maximum absolute atomic E-state index is 12.6. The Morgan fingerprint density at radius 1 is 1.12 bits per heavy atom. The third-order valence-corrected chi connectivity index (χ3v) is 3.64. The number of anilines is 1. The molecule has 0 fully saturated rings. The van der Waals surface area contributed by atoms with Gasteiger partial charge in [0.2, 0.25) is 0 Å². The summed E-state index contributed by atoms with van der Waals surface area (Å²) in [5.74, 6) is 0. The largest absolute Gasteiger partial charge is 0.416 e. The van der Waals surface area contributed by atoms with Gasteiger partial charge in [0.05, 0.1) is 11.8 Å². The van der Waals surface area contributed by atoms with Crippen LogP contribution < -0.4 is 10.7 Å². The van der Waals surface area contributed by atoms with Gasteiger partial charge in [-0.25, -0.2) is 0 Å². The fourth-order valence-electron chi connectivity index (χ4n) is 2.00. The second-order valence-electron chi connectivity index (χ2n) is 5.19. The number of nitrogens with zero attached hydrogens (tertiary/aromatic N) is 1. The SMILES string of the molecule is Cc1cccc(NC(=S)NN=Cc2cccc(C(F)(F)F)c2)c1C. The molecule has 24 heavy (non-hydrogen) atoms. The summed E-state index contributed by atoms with van der Waals surface area (Å²) in [6.45, 7) is 3.95. The molecule has 0 atom stereocenters. The minimum Gasteiger partial charge on any atom is -0.331 e. The topological polar surface area (TPSA) is 36.4 Å². The number of nitrogens with one attached hydrogen (secondary N) is 2. The maximum Gasteiger partial charge on any atom is 0.416 e. The molecule has 0 aliphatic rings. The Bertz CT molecular complexity index is 770. The molecule has 0 heterocycles. The van der Waals surface area contributed by atoms with Crippen molar-refractivity contribution in [2.75, 3.05) is 5.32 Å². The molecule has 0 aliphatic heterocycles. The van der Waals surface area contributed by atoms with Gasteiger partial charge in [0.1, 0.15) is 0 Å². The van der Waals surface area contributed by atoms with E-state index in [0.29, 0.717) is 5.56 Å². The number of hydrazone groups is 1. The molecule has 2 aromatic carbocycles. The zero-order chi connectivity index (χ0) is 17.7. The van der Waals surface area contributed by atoms with E-state index >= 15 is 0 Å².